The molecule has 2 atom stereocenters. The van der Waals surface area contributed by atoms with Crippen LogP contribution in [0.3, 0.4) is 0 Å². The summed E-state index contributed by atoms with van der Waals surface area (Å²) in [5.41, 5.74) is 0.694. The van der Waals surface area contributed by atoms with E-state index in [1.54, 1.807) is 0 Å². The van der Waals surface area contributed by atoms with Gasteiger partial charge in [0.1, 0.15) is 11.6 Å². The zero-order chi connectivity index (χ0) is 16.0. The Hall–Kier alpha value is -0.960. The van der Waals surface area contributed by atoms with E-state index in [0.717, 1.165) is 25.8 Å². The van der Waals surface area contributed by atoms with Gasteiger partial charge in [0, 0.05) is 11.6 Å². The zero-order valence-corrected chi connectivity index (χ0v) is 14.0. The quantitative estimate of drug-likeness (QED) is 0.704. The standard InChI is InChI=1S/C18H29F2N/c1-6-9-21-17(10-13(2)12-18(3,4)5)15-11-14(19)7-8-16(15)20/h7-8,11,13,17,21H,6,9-10,12H2,1-5H3. The molecule has 0 heterocycles. The molecule has 0 aliphatic rings. The lowest BCUT2D eigenvalue weighted by molar-refractivity contribution is 0.274. The van der Waals surface area contributed by atoms with E-state index in [0.29, 0.717) is 11.5 Å². The van der Waals surface area contributed by atoms with Gasteiger partial charge in [0.2, 0.25) is 0 Å². The number of hydrogen-bond donors (Lipinski definition) is 1. The number of benzene rings is 1. The minimum atomic E-state index is -0.377. The monoisotopic (exact) mass is 297 g/mol. The molecule has 0 aliphatic heterocycles. The highest BCUT2D eigenvalue weighted by molar-refractivity contribution is 5.22. The molecule has 1 aromatic carbocycles. The van der Waals surface area contributed by atoms with E-state index in [9.17, 15) is 8.78 Å². The predicted octanol–water partition coefficient (Wildman–Crippen LogP) is 5.47. The predicted molar refractivity (Wildman–Crippen MR) is 85.2 cm³/mol. The summed E-state index contributed by atoms with van der Waals surface area (Å²) in [5.74, 6) is -0.256. The highest BCUT2D eigenvalue weighted by atomic mass is 19.1. The van der Waals surface area contributed by atoms with E-state index in [1.807, 2.05) is 0 Å². The molecule has 0 saturated heterocycles. The fraction of sp³-hybridized carbons (Fsp3) is 0.667. The third-order valence-corrected chi connectivity index (χ3v) is 3.57. The molecular weight excluding hydrogens is 268 g/mol. The van der Waals surface area contributed by atoms with E-state index < -0.39 is 0 Å². The Morgan fingerprint density at radius 1 is 1.19 bits per heavy atom. The van der Waals surface area contributed by atoms with Gasteiger partial charge in [-0.1, -0.05) is 34.6 Å². The van der Waals surface area contributed by atoms with Crippen molar-refractivity contribution < 1.29 is 8.78 Å². The first-order chi connectivity index (χ1) is 9.73. The second-order valence-corrected chi connectivity index (χ2v) is 7.28. The molecule has 0 amide bonds. The Morgan fingerprint density at radius 3 is 2.43 bits per heavy atom. The lowest BCUT2D eigenvalue weighted by Gasteiger charge is -2.28. The average molecular weight is 297 g/mol. The maximum absolute atomic E-state index is 14.0. The zero-order valence-electron chi connectivity index (χ0n) is 14.0. The van der Waals surface area contributed by atoms with Crippen LogP contribution in [0.1, 0.15) is 65.5 Å². The molecule has 0 aromatic heterocycles. The first-order valence-electron chi connectivity index (χ1n) is 7.91. The van der Waals surface area contributed by atoms with E-state index in [4.69, 9.17) is 0 Å². The van der Waals surface area contributed by atoms with Crippen molar-refractivity contribution in [2.75, 3.05) is 6.54 Å². The van der Waals surface area contributed by atoms with E-state index in [2.05, 4.69) is 39.9 Å². The molecule has 3 heteroatoms. The van der Waals surface area contributed by atoms with Crippen molar-refractivity contribution >= 4 is 0 Å². The molecular formula is C18H29F2N. The van der Waals surface area contributed by atoms with E-state index in [-0.39, 0.29) is 23.1 Å². The van der Waals surface area contributed by atoms with Crippen LogP contribution < -0.4 is 5.32 Å². The molecule has 2 unspecified atom stereocenters. The van der Waals surface area contributed by atoms with Crippen molar-refractivity contribution in [1.82, 2.24) is 5.32 Å². The van der Waals surface area contributed by atoms with Crippen LogP contribution in [0.2, 0.25) is 0 Å². The largest absolute Gasteiger partial charge is 0.310 e. The third kappa shape index (κ3) is 6.56. The van der Waals surface area contributed by atoms with Crippen molar-refractivity contribution in [2.45, 2.75) is 59.9 Å². The van der Waals surface area contributed by atoms with Gasteiger partial charge >= 0.3 is 0 Å². The van der Waals surface area contributed by atoms with Crippen LogP contribution in [0.25, 0.3) is 0 Å². The van der Waals surface area contributed by atoms with E-state index in [1.165, 1.54) is 18.2 Å². The maximum atomic E-state index is 14.0. The van der Waals surface area contributed by atoms with Crippen molar-refractivity contribution in [3.05, 3.63) is 35.4 Å². The molecule has 21 heavy (non-hydrogen) atoms. The lowest BCUT2D eigenvalue weighted by Crippen LogP contribution is -2.26. The van der Waals surface area contributed by atoms with Gasteiger partial charge in [0.05, 0.1) is 0 Å². The van der Waals surface area contributed by atoms with Gasteiger partial charge in [-0.2, -0.15) is 0 Å². The van der Waals surface area contributed by atoms with Crippen LogP contribution in [-0.4, -0.2) is 6.54 Å². The second kappa shape index (κ2) is 7.88. The number of rotatable bonds is 7. The minimum absolute atomic E-state index is 0.127. The third-order valence-electron chi connectivity index (χ3n) is 3.57. The highest BCUT2D eigenvalue weighted by Gasteiger charge is 2.22. The summed E-state index contributed by atoms with van der Waals surface area (Å²) < 4.78 is 27.5. The smallest absolute Gasteiger partial charge is 0.128 e. The Bertz CT molecular complexity index is 437. The molecule has 0 saturated carbocycles. The van der Waals surface area contributed by atoms with Crippen molar-refractivity contribution in [3.8, 4) is 0 Å². The van der Waals surface area contributed by atoms with E-state index >= 15 is 0 Å². The summed E-state index contributed by atoms with van der Waals surface area (Å²) in [4.78, 5) is 0. The Labute approximate surface area is 128 Å². The van der Waals surface area contributed by atoms with Gasteiger partial charge < -0.3 is 5.32 Å². The maximum Gasteiger partial charge on any atom is 0.128 e. The summed E-state index contributed by atoms with van der Waals surface area (Å²) in [5, 5.41) is 3.36. The summed E-state index contributed by atoms with van der Waals surface area (Å²) in [7, 11) is 0. The van der Waals surface area contributed by atoms with Gasteiger partial charge in [0.25, 0.3) is 0 Å². The molecule has 0 bridgehead atoms. The van der Waals surface area contributed by atoms with Crippen LogP contribution in [0.4, 0.5) is 8.78 Å². The SMILES string of the molecule is CCCNC(CC(C)CC(C)(C)C)c1cc(F)ccc1F. The van der Waals surface area contributed by atoms with Crippen molar-refractivity contribution in [2.24, 2.45) is 11.3 Å². The molecule has 1 rings (SSSR count). The van der Waals surface area contributed by atoms with Crippen LogP contribution in [0, 0.1) is 23.0 Å². The average Bonchev–Trinajstić information content (AvgIpc) is 2.35. The summed E-state index contributed by atoms with van der Waals surface area (Å²) in [6.45, 7) is 11.7. The van der Waals surface area contributed by atoms with Gasteiger partial charge in [0.15, 0.2) is 0 Å². The molecule has 1 N–H and O–H groups in total. The van der Waals surface area contributed by atoms with Gasteiger partial charge in [-0.15, -0.1) is 0 Å². The first kappa shape index (κ1) is 18.1. The minimum Gasteiger partial charge on any atom is -0.310 e. The molecule has 0 spiro atoms. The van der Waals surface area contributed by atoms with Gasteiger partial charge in [-0.25, -0.2) is 8.78 Å². The van der Waals surface area contributed by atoms with Crippen LogP contribution in [-0.2, 0) is 0 Å². The fourth-order valence-corrected chi connectivity index (χ4v) is 2.95. The van der Waals surface area contributed by atoms with Crippen LogP contribution in [0.5, 0.6) is 0 Å². The Balaban J connectivity index is 2.87. The highest BCUT2D eigenvalue weighted by Crippen LogP contribution is 2.31. The van der Waals surface area contributed by atoms with Crippen molar-refractivity contribution in [3.63, 3.8) is 0 Å². The number of hydrogen-bond acceptors (Lipinski definition) is 1. The second-order valence-electron chi connectivity index (χ2n) is 7.28. The van der Waals surface area contributed by atoms with Gasteiger partial charge in [-0.05, 0) is 55.3 Å². The first-order valence-corrected chi connectivity index (χ1v) is 7.91. The summed E-state index contributed by atoms with van der Waals surface area (Å²) >= 11 is 0. The summed E-state index contributed by atoms with van der Waals surface area (Å²) in [6.07, 6.45) is 2.85. The van der Waals surface area contributed by atoms with Crippen LogP contribution in [0.15, 0.2) is 18.2 Å². The molecule has 1 nitrogen and oxygen atoms in total. The van der Waals surface area contributed by atoms with Crippen LogP contribution >= 0.6 is 0 Å². The molecule has 0 aliphatic carbocycles. The normalized spacial score (nSPS) is 15.0. The molecule has 0 fully saturated rings. The van der Waals surface area contributed by atoms with Gasteiger partial charge in [-0.3, -0.25) is 0 Å². The molecule has 120 valence electrons. The Kier molecular flexibility index (Phi) is 6.79. The molecule has 0 radical (unpaired) electrons. The topological polar surface area (TPSA) is 12.0 Å². The number of halogens is 2. The fourth-order valence-electron chi connectivity index (χ4n) is 2.95. The lowest BCUT2D eigenvalue weighted by atomic mass is 9.82. The summed E-state index contributed by atoms with van der Waals surface area (Å²) in [6, 6.07) is 3.60. The molecule has 1 aromatic rings. The van der Waals surface area contributed by atoms with Crippen molar-refractivity contribution in [1.29, 1.82) is 0 Å². The number of nitrogens with one attached hydrogen (secondary N) is 1. The Morgan fingerprint density at radius 2 is 1.86 bits per heavy atom.